The molecule has 3 aromatic rings. The maximum absolute atomic E-state index is 13.4. The van der Waals surface area contributed by atoms with Crippen molar-refractivity contribution in [3.8, 4) is 11.5 Å². The van der Waals surface area contributed by atoms with E-state index in [2.05, 4.69) is 10.3 Å². The number of phenols is 1. The number of hydrogen-bond donors (Lipinski definition) is 4. The number of carbonyl (C=O) groups excluding carboxylic acids is 3. The molecule has 3 heterocycles. The highest BCUT2D eigenvalue weighted by Crippen LogP contribution is 2.69. The molecule has 0 spiro atoms. The van der Waals surface area contributed by atoms with Gasteiger partial charge in [0, 0.05) is 32.3 Å². The number of fused-ring (bicyclic) bond motifs is 9. The number of aliphatic carboxylic acids is 1. The summed E-state index contributed by atoms with van der Waals surface area (Å²) in [5.74, 6) is -4.26. The Labute approximate surface area is 257 Å². The molecule has 7 atom stereocenters. The van der Waals surface area contributed by atoms with Gasteiger partial charge in [-0.25, -0.2) is 0 Å². The number of carboxylic acid groups (broad SMARTS) is 1. The van der Waals surface area contributed by atoms with Crippen molar-refractivity contribution in [2.75, 3.05) is 18.5 Å². The van der Waals surface area contributed by atoms with Crippen molar-refractivity contribution in [3.05, 3.63) is 67.6 Å². The van der Waals surface area contributed by atoms with Crippen LogP contribution in [0.15, 0.2) is 52.3 Å². The zero-order chi connectivity index (χ0) is 30.2. The number of benzene rings is 2. The fourth-order valence-corrected chi connectivity index (χ4v) is 10.6. The number of ether oxygens (including phenoxy) is 1. The lowest BCUT2D eigenvalue weighted by molar-refractivity contribution is -0.149. The van der Waals surface area contributed by atoms with Crippen LogP contribution in [0.5, 0.6) is 11.5 Å². The molecular weight excluding hydrogens is 618 g/mol. The third-order valence-corrected chi connectivity index (χ3v) is 11.7. The van der Waals surface area contributed by atoms with Crippen molar-refractivity contribution in [2.45, 2.75) is 22.6 Å². The maximum atomic E-state index is 13.4. The van der Waals surface area contributed by atoms with E-state index in [0.717, 1.165) is 21.1 Å². The third-order valence-electron chi connectivity index (χ3n) is 8.93. The number of imide groups is 1. The number of aromatic hydroxyl groups is 1. The number of carbonyl (C=O) groups is 4. The Morgan fingerprint density at radius 3 is 2.51 bits per heavy atom. The second-order valence-electron chi connectivity index (χ2n) is 11.2. The van der Waals surface area contributed by atoms with Crippen molar-refractivity contribution >= 4 is 64.1 Å². The first-order chi connectivity index (χ1) is 20.6. The number of amides is 3. The van der Waals surface area contributed by atoms with Crippen LogP contribution in [-0.2, 0) is 19.2 Å². The fourth-order valence-electron chi connectivity index (χ4n) is 7.50. The first-order valence-corrected chi connectivity index (χ1v) is 15.7. The molecule has 2 aliphatic carbocycles. The van der Waals surface area contributed by atoms with E-state index in [4.69, 9.17) is 16.3 Å². The molecule has 0 radical (unpaired) electrons. The Morgan fingerprint density at radius 1 is 1.07 bits per heavy atom. The number of carboxylic acids is 1. The normalized spacial score (nSPS) is 28.4. The fraction of sp³-hybridized carbons (Fsp3) is 0.345. The van der Waals surface area contributed by atoms with Crippen LogP contribution < -0.4 is 14.9 Å². The molecule has 3 fully saturated rings. The van der Waals surface area contributed by atoms with Crippen LogP contribution in [0.3, 0.4) is 0 Å². The molecule has 2 aromatic carbocycles. The molecule has 2 bridgehead atoms. The van der Waals surface area contributed by atoms with Crippen molar-refractivity contribution < 1.29 is 34.1 Å². The molecule has 6 unspecified atom stereocenters. The van der Waals surface area contributed by atoms with E-state index in [0.29, 0.717) is 33.5 Å². The van der Waals surface area contributed by atoms with Crippen LogP contribution in [0, 0.1) is 29.6 Å². The average molecular weight is 642 g/mol. The van der Waals surface area contributed by atoms with Gasteiger partial charge in [0.15, 0.2) is 6.61 Å². The minimum atomic E-state index is -1.24. The van der Waals surface area contributed by atoms with E-state index in [-0.39, 0.29) is 40.2 Å². The zero-order valence-electron chi connectivity index (χ0n) is 22.2. The molecule has 11 nitrogen and oxygen atoms in total. The van der Waals surface area contributed by atoms with Crippen LogP contribution in [0.1, 0.15) is 22.8 Å². The summed E-state index contributed by atoms with van der Waals surface area (Å²) in [6, 6.07) is 11.1. The Kier molecular flexibility index (Phi) is 6.78. The first-order valence-electron chi connectivity index (χ1n) is 13.6. The van der Waals surface area contributed by atoms with Crippen molar-refractivity contribution in [1.82, 2.24) is 9.88 Å². The van der Waals surface area contributed by atoms with Crippen LogP contribution in [-0.4, -0.2) is 62.2 Å². The quantitative estimate of drug-likeness (QED) is 0.223. The Hall–Kier alpha value is -3.81. The first kappa shape index (κ1) is 28.0. The molecule has 222 valence electrons. The predicted molar refractivity (Wildman–Crippen MR) is 157 cm³/mol. The van der Waals surface area contributed by atoms with Gasteiger partial charge in [0.2, 0.25) is 11.8 Å². The van der Waals surface area contributed by atoms with E-state index in [9.17, 15) is 34.2 Å². The number of likely N-dealkylation sites (tertiary alicyclic amines) is 1. The third kappa shape index (κ3) is 4.61. The van der Waals surface area contributed by atoms with Gasteiger partial charge in [-0.05, 0) is 66.6 Å². The number of thiazole rings is 1. The van der Waals surface area contributed by atoms with Crippen molar-refractivity contribution in [1.29, 1.82) is 0 Å². The largest absolute Gasteiger partial charge is 0.508 e. The molecule has 43 heavy (non-hydrogen) atoms. The molecule has 14 heteroatoms. The van der Waals surface area contributed by atoms with E-state index in [1.165, 1.54) is 23.9 Å². The number of aromatic nitrogens is 1. The van der Waals surface area contributed by atoms with Crippen molar-refractivity contribution in [3.63, 3.8) is 0 Å². The topological polar surface area (TPSA) is 166 Å². The predicted octanol–water partition coefficient (Wildman–Crippen LogP) is 3.37. The number of phenolic OH excluding ortho intramolecular Hbond substituents is 1. The minimum absolute atomic E-state index is 0.0700. The summed E-state index contributed by atoms with van der Waals surface area (Å²) in [6.45, 7) is -0.982. The summed E-state index contributed by atoms with van der Waals surface area (Å²) < 4.78 is 6.03. The number of nitrogens with one attached hydrogen (secondary N) is 2. The second kappa shape index (κ2) is 10.4. The highest BCUT2D eigenvalue weighted by atomic mass is 35.5. The standard InChI is InChI=1S/C29H24ClN3O8S2/c30-11-1-6-17(41-10-18(35)31-12-2-4-13(34)5-3-12)14(7-11)20-21-15-8-16(24(21)42-26-25(20)43-29(40)32-26)23-22(15)27(38)33(28(23)39)9-19(36)37/h1-7,15-16,20-24,34H,8-10H2,(H,31,35)(H,32,40)(H,36,37)/t15?,16?,20-,21?,22?,23?,24?/m1/s1. The monoisotopic (exact) mass is 641 g/mol. The van der Waals surface area contributed by atoms with Crippen LogP contribution in [0.2, 0.25) is 5.02 Å². The Bertz CT molecular complexity index is 1740. The molecule has 3 amide bonds. The lowest BCUT2D eigenvalue weighted by Crippen LogP contribution is -2.42. The summed E-state index contributed by atoms with van der Waals surface area (Å²) in [7, 11) is 0. The molecule has 1 aromatic heterocycles. The average Bonchev–Trinajstić information content (AvgIpc) is 3.69. The van der Waals surface area contributed by atoms with Crippen LogP contribution in [0.4, 0.5) is 5.69 Å². The van der Waals surface area contributed by atoms with Gasteiger partial charge in [0.05, 0.1) is 16.9 Å². The van der Waals surface area contributed by atoms with E-state index in [1.54, 1.807) is 30.3 Å². The Morgan fingerprint density at radius 2 is 1.79 bits per heavy atom. The van der Waals surface area contributed by atoms with Gasteiger partial charge in [-0.1, -0.05) is 22.9 Å². The van der Waals surface area contributed by atoms with Crippen LogP contribution >= 0.6 is 34.7 Å². The SMILES string of the molecule is O=C(O)CN1C(=O)C2C3CC(C2C1=O)C1C3Sc2[nH]c(=O)sc2[C@@H]1c1cc(Cl)ccc1OCC(=O)Nc1ccc(O)cc1. The summed E-state index contributed by atoms with van der Waals surface area (Å²) >= 11 is 9.07. The maximum Gasteiger partial charge on any atom is 0.323 e. The minimum Gasteiger partial charge on any atom is -0.508 e. The van der Waals surface area contributed by atoms with Crippen LogP contribution in [0.25, 0.3) is 0 Å². The number of thioether (sulfide) groups is 1. The smallest absolute Gasteiger partial charge is 0.323 e. The van der Waals surface area contributed by atoms with Gasteiger partial charge in [0.1, 0.15) is 18.0 Å². The molecule has 2 aliphatic heterocycles. The van der Waals surface area contributed by atoms with Crippen molar-refractivity contribution in [2.24, 2.45) is 29.6 Å². The lowest BCUT2D eigenvalue weighted by Gasteiger charge is -2.43. The molecule has 7 rings (SSSR count). The summed E-state index contributed by atoms with van der Waals surface area (Å²) in [4.78, 5) is 67.8. The molecular formula is C29H24ClN3O8S2. The molecule has 1 saturated heterocycles. The highest BCUT2D eigenvalue weighted by Gasteiger charge is 2.69. The molecule has 2 saturated carbocycles. The second-order valence-corrected chi connectivity index (χ2v) is 13.8. The number of halogens is 1. The van der Waals surface area contributed by atoms with Gasteiger partial charge in [-0.3, -0.25) is 28.9 Å². The van der Waals surface area contributed by atoms with Gasteiger partial charge in [-0.2, -0.15) is 0 Å². The van der Waals surface area contributed by atoms with E-state index in [1.807, 2.05) is 0 Å². The number of rotatable bonds is 7. The number of hydrogen-bond acceptors (Lipinski definition) is 9. The molecule has 4 N–H and O–H groups in total. The summed E-state index contributed by atoms with van der Waals surface area (Å²) in [5, 5.41) is 22.5. The van der Waals surface area contributed by atoms with Gasteiger partial charge >= 0.3 is 10.8 Å². The number of aromatic amines is 1. The van der Waals surface area contributed by atoms with E-state index < -0.39 is 48.0 Å². The van der Waals surface area contributed by atoms with Gasteiger partial charge in [-0.15, -0.1) is 11.8 Å². The Balaban J connectivity index is 1.23. The number of nitrogens with zero attached hydrogens (tertiary/aromatic N) is 1. The summed E-state index contributed by atoms with van der Waals surface area (Å²) in [5.41, 5.74) is 1.15. The highest BCUT2D eigenvalue weighted by molar-refractivity contribution is 8.00. The summed E-state index contributed by atoms with van der Waals surface area (Å²) in [6.07, 6.45) is 0.636. The number of anilines is 1. The molecule has 4 aliphatic rings. The number of H-pyrrole nitrogens is 1. The zero-order valence-corrected chi connectivity index (χ0v) is 24.6. The van der Waals surface area contributed by atoms with Gasteiger partial charge < -0.3 is 25.3 Å². The lowest BCUT2D eigenvalue weighted by atomic mass is 9.68. The van der Waals surface area contributed by atoms with E-state index >= 15 is 0 Å². The van der Waals surface area contributed by atoms with Gasteiger partial charge in [0.25, 0.3) is 5.91 Å².